The molecule has 4 aliphatic carbocycles. The highest BCUT2D eigenvalue weighted by Gasteiger charge is 2.51. The molecule has 0 saturated heterocycles. The van der Waals surface area contributed by atoms with Crippen LogP contribution in [0.25, 0.3) is 0 Å². The lowest BCUT2D eigenvalue weighted by Crippen LogP contribution is -2.47. The maximum Gasteiger partial charge on any atom is 0.242 e. The van der Waals surface area contributed by atoms with Crippen LogP contribution in [0.1, 0.15) is 44.3 Å². The Hall–Kier alpha value is -1.43. The molecule has 5 N–H and O–H groups in total. The average molecular weight is 274 g/mol. The second kappa shape index (κ2) is 4.28. The number of nitrogen functional groups attached to an aromatic ring is 2. The molecular formula is C14H22N6. The quantitative estimate of drug-likeness (QED) is 0.570. The van der Waals surface area contributed by atoms with Crippen LogP contribution in [-0.2, 0) is 6.42 Å². The van der Waals surface area contributed by atoms with Gasteiger partial charge in [0.15, 0.2) is 0 Å². The molecule has 4 bridgehead atoms. The molecule has 0 aliphatic heterocycles. The summed E-state index contributed by atoms with van der Waals surface area (Å²) in [5.74, 6) is 9.63. The lowest BCUT2D eigenvalue weighted by molar-refractivity contribution is -0.0531. The molecule has 108 valence electrons. The maximum atomic E-state index is 5.74. The third-order valence-electron chi connectivity index (χ3n) is 5.53. The first-order valence-electron chi connectivity index (χ1n) is 7.61. The summed E-state index contributed by atoms with van der Waals surface area (Å²) in [5.41, 5.74) is 8.63. The molecule has 1 aromatic heterocycles. The Morgan fingerprint density at radius 2 is 1.60 bits per heavy atom. The van der Waals surface area contributed by atoms with Gasteiger partial charge in [0.2, 0.25) is 11.9 Å². The SMILES string of the molecule is NNc1nc(N)nc(CC23CC4CC(CC(C4)C2)C3)n1. The van der Waals surface area contributed by atoms with Crippen LogP contribution in [0.5, 0.6) is 0 Å². The smallest absolute Gasteiger partial charge is 0.242 e. The number of anilines is 2. The van der Waals surface area contributed by atoms with E-state index < -0.39 is 0 Å². The van der Waals surface area contributed by atoms with E-state index in [0.717, 1.165) is 30.0 Å². The van der Waals surface area contributed by atoms with E-state index in [1.54, 1.807) is 0 Å². The van der Waals surface area contributed by atoms with Crippen molar-refractivity contribution in [2.45, 2.75) is 44.9 Å². The van der Waals surface area contributed by atoms with E-state index in [-0.39, 0.29) is 5.95 Å². The van der Waals surface area contributed by atoms with Crippen LogP contribution in [0.2, 0.25) is 0 Å². The van der Waals surface area contributed by atoms with Crippen molar-refractivity contribution in [1.29, 1.82) is 0 Å². The molecule has 6 heteroatoms. The Morgan fingerprint density at radius 1 is 1.00 bits per heavy atom. The highest BCUT2D eigenvalue weighted by atomic mass is 15.3. The van der Waals surface area contributed by atoms with E-state index in [4.69, 9.17) is 11.6 Å². The largest absolute Gasteiger partial charge is 0.368 e. The van der Waals surface area contributed by atoms with Crippen LogP contribution in [0.15, 0.2) is 0 Å². The van der Waals surface area contributed by atoms with Crippen LogP contribution in [0.4, 0.5) is 11.9 Å². The van der Waals surface area contributed by atoms with Gasteiger partial charge in [-0.3, -0.25) is 5.43 Å². The van der Waals surface area contributed by atoms with Crippen LogP contribution in [0, 0.1) is 23.2 Å². The standard InChI is InChI=1S/C14H22N6/c15-12-17-11(18-13(19-12)20-16)7-14-4-8-1-9(5-14)3-10(2-8)6-14/h8-10H,1-7,16H2,(H3,15,17,18,19,20). The lowest BCUT2D eigenvalue weighted by atomic mass is 9.49. The summed E-state index contributed by atoms with van der Waals surface area (Å²) in [5, 5.41) is 0. The molecule has 4 saturated carbocycles. The van der Waals surface area contributed by atoms with Gasteiger partial charge in [-0.25, -0.2) is 5.84 Å². The second-order valence-electron chi connectivity index (χ2n) is 7.17. The van der Waals surface area contributed by atoms with E-state index in [1.165, 1.54) is 38.5 Å². The molecule has 6 nitrogen and oxygen atoms in total. The molecule has 4 aliphatic rings. The van der Waals surface area contributed by atoms with E-state index in [2.05, 4.69) is 20.4 Å². The Bertz CT molecular complexity index is 493. The Kier molecular flexibility index (Phi) is 2.64. The molecule has 5 rings (SSSR count). The van der Waals surface area contributed by atoms with Crippen molar-refractivity contribution in [3.63, 3.8) is 0 Å². The molecule has 0 radical (unpaired) electrons. The predicted molar refractivity (Wildman–Crippen MR) is 76.4 cm³/mol. The summed E-state index contributed by atoms with van der Waals surface area (Å²) >= 11 is 0. The van der Waals surface area contributed by atoms with Gasteiger partial charge in [0.1, 0.15) is 5.82 Å². The van der Waals surface area contributed by atoms with Crippen molar-refractivity contribution in [3.05, 3.63) is 5.82 Å². The molecule has 0 unspecified atom stereocenters. The number of nitrogens with zero attached hydrogens (tertiary/aromatic N) is 3. The number of hydrogen-bond donors (Lipinski definition) is 3. The summed E-state index contributed by atoms with van der Waals surface area (Å²) < 4.78 is 0. The van der Waals surface area contributed by atoms with Gasteiger partial charge in [-0.05, 0) is 61.7 Å². The Morgan fingerprint density at radius 3 is 2.15 bits per heavy atom. The fourth-order valence-corrected chi connectivity index (χ4v) is 5.42. The summed E-state index contributed by atoms with van der Waals surface area (Å²) in [4.78, 5) is 12.7. The summed E-state index contributed by atoms with van der Waals surface area (Å²) in [7, 11) is 0. The number of nitrogens with two attached hydrogens (primary N) is 2. The first-order valence-corrected chi connectivity index (χ1v) is 7.61. The Balaban J connectivity index is 1.61. The molecule has 0 spiro atoms. The average Bonchev–Trinajstić information content (AvgIpc) is 2.35. The van der Waals surface area contributed by atoms with Crippen molar-refractivity contribution >= 4 is 11.9 Å². The first kappa shape index (κ1) is 12.3. The van der Waals surface area contributed by atoms with Crippen LogP contribution in [0.3, 0.4) is 0 Å². The van der Waals surface area contributed by atoms with Gasteiger partial charge >= 0.3 is 0 Å². The van der Waals surface area contributed by atoms with E-state index in [0.29, 0.717) is 11.4 Å². The molecule has 20 heavy (non-hydrogen) atoms. The van der Waals surface area contributed by atoms with Gasteiger partial charge in [-0.2, -0.15) is 15.0 Å². The van der Waals surface area contributed by atoms with Gasteiger partial charge in [-0.15, -0.1) is 0 Å². The maximum absolute atomic E-state index is 5.74. The van der Waals surface area contributed by atoms with Gasteiger partial charge < -0.3 is 5.73 Å². The highest BCUT2D eigenvalue weighted by molar-refractivity contribution is 5.29. The number of hydrogen-bond acceptors (Lipinski definition) is 6. The van der Waals surface area contributed by atoms with Crippen molar-refractivity contribution in [2.75, 3.05) is 11.2 Å². The topological polar surface area (TPSA) is 103 Å². The van der Waals surface area contributed by atoms with Crippen LogP contribution >= 0.6 is 0 Å². The minimum absolute atomic E-state index is 0.257. The summed E-state index contributed by atoms with van der Waals surface area (Å²) in [6, 6.07) is 0. The first-order chi connectivity index (χ1) is 9.64. The van der Waals surface area contributed by atoms with Gasteiger partial charge in [0, 0.05) is 6.42 Å². The Labute approximate surface area is 118 Å². The molecular weight excluding hydrogens is 252 g/mol. The number of nitrogens with one attached hydrogen (secondary N) is 1. The lowest BCUT2D eigenvalue weighted by Gasteiger charge is -2.56. The normalized spacial score (nSPS) is 38.1. The molecule has 0 atom stereocenters. The molecule has 0 amide bonds. The highest BCUT2D eigenvalue weighted by Crippen LogP contribution is 2.60. The van der Waals surface area contributed by atoms with Crippen molar-refractivity contribution in [1.82, 2.24) is 15.0 Å². The number of hydrazine groups is 1. The van der Waals surface area contributed by atoms with Crippen LogP contribution < -0.4 is 17.0 Å². The zero-order valence-electron chi connectivity index (χ0n) is 11.7. The third-order valence-corrected chi connectivity index (χ3v) is 5.53. The number of aromatic nitrogens is 3. The van der Waals surface area contributed by atoms with E-state index in [1.807, 2.05) is 0 Å². The fraction of sp³-hybridized carbons (Fsp3) is 0.786. The minimum Gasteiger partial charge on any atom is -0.368 e. The molecule has 1 aromatic rings. The van der Waals surface area contributed by atoms with Crippen molar-refractivity contribution < 1.29 is 0 Å². The van der Waals surface area contributed by atoms with Gasteiger partial charge in [0.05, 0.1) is 0 Å². The van der Waals surface area contributed by atoms with E-state index >= 15 is 0 Å². The third kappa shape index (κ3) is 2.02. The molecule has 1 heterocycles. The van der Waals surface area contributed by atoms with Crippen molar-refractivity contribution in [3.8, 4) is 0 Å². The minimum atomic E-state index is 0.257. The van der Waals surface area contributed by atoms with Gasteiger partial charge in [-0.1, -0.05) is 0 Å². The van der Waals surface area contributed by atoms with Gasteiger partial charge in [0.25, 0.3) is 0 Å². The summed E-state index contributed by atoms with van der Waals surface area (Å²) in [6.07, 6.45) is 9.32. The van der Waals surface area contributed by atoms with Crippen LogP contribution in [-0.4, -0.2) is 15.0 Å². The van der Waals surface area contributed by atoms with E-state index in [9.17, 15) is 0 Å². The summed E-state index contributed by atoms with van der Waals surface area (Å²) in [6.45, 7) is 0. The predicted octanol–water partition coefficient (Wildman–Crippen LogP) is 1.50. The zero-order chi connectivity index (χ0) is 13.7. The monoisotopic (exact) mass is 274 g/mol. The van der Waals surface area contributed by atoms with Crippen molar-refractivity contribution in [2.24, 2.45) is 29.0 Å². The second-order valence-corrected chi connectivity index (χ2v) is 7.17. The molecule has 0 aromatic carbocycles. The molecule has 4 fully saturated rings. The fourth-order valence-electron chi connectivity index (χ4n) is 5.42. The zero-order valence-corrected chi connectivity index (χ0v) is 11.7. The number of rotatable bonds is 3.